The third-order valence-corrected chi connectivity index (χ3v) is 9.38. The normalized spacial score (nSPS) is 25.0. The van der Waals surface area contributed by atoms with Crippen molar-refractivity contribution in [1.29, 1.82) is 5.26 Å². The summed E-state index contributed by atoms with van der Waals surface area (Å²) in [7, 11) is 0. The Bertz CT molecular complexity index is 1700. The van der Waals surface area contributed by atoms with Crippen LogP contribution in [0.5, 0.6) is 0 Å². The van der Waals surface area contributed by atoms with Crippen LogP contribution in [-0.4, -0.2) is 51.5 Å². The zero-order valence-electron chi connectivity index (χ0n) is 24.9. The van der Waals surface area contributed by atoms with Crippen molar-refractivity contribution in [3.63, 3.8) is 0 Å². The van der Waals surface area contributed by atoms with Gasteiger partial charge in [0.2, 0.25) is 5.91 Å². The lowest BCUT2D eigenvalue weighted by Gasteiger charge is -2.36. The molecule has 2 fully saturated rings. The van der Waals surface area contributed by atoms with Crippen LogP contribution in [-0.2, 0) is 22.7 Å². The molecule has 1 aromatic carbocycles. The number of carbonyl (C=O) groups is 1. The van der Waals surface area contributed by atoms with Gasteiger partial charge in [-0.05, 0) is 65.1 Å². The van der Waals surface area contributed by atoms with E-state index in [1.807, 2.05) is 4.90 Å². The van der Waals surface area contributed by atoms with E-state index in [0.29, 0.717) is 73.7 Å². The third-order valence-electron chi connectivity index (χ3n) is 9.38. The minimum atomic E-state index is -3.37. The Morgan fingerprint density at radius 3 is 2.52 bits per heavy atom. The highest BCUT2D eigenvalue weighted by atomic mass is 19.3. The summed E-state index contributed by atoms with van der Waals surface area (Å²) in [6.07, 6.45) is 2.17. The van der Waals surface area contributed by atoms with Crippen molar-refractivity contribution in [2.75, 3.05) is 31.5 Å². The first-order valence-electron chi connectivity index (χ1n) is 15.3. The molecule has 0 spiro atoms. The van der Waals surface area contributed by atoms with Crippen molar-refractivity contribution in [3.05, 3.63) is 63.0 Å². The van der Waals surface area contributed by atoms with Crippen LogP contribution in [0.15, 0.2) is 29.1 Å². The van der Waals surface area contributed by atoms with Crippen LogP contribution in [0, 0.1) is 30.0 Å². The standard InChI is InChI=1S/C32H36F3N7O2/c1-19-22-5-3-6-24(27(22)33)32(34,35)21-7-14-41(15-8-21)16-9-26(43)37-12-4-13-42-29-23(28(38-19)39-20(2)40-29)17-25(30(42)44)31(18-36)10-11-31/h3,5-6,17,19,21H,4,7-16H2,1-2H3,(H,37,43)(H,38,39,40)/t19-/m1/s1. The molecule has 1 aliphatic carbocycles. The fraction of sp³-hybridized carbons (Fsp3) is 0.531. The zero-order valence-corrected chi connectivity index (χ0v) is 24.9. The molecule has 2 aromatic heterocycles. The second-order valence-corrected chi connectivity index (χ2v) is 12.3. The Hall–Kier alpha value is -3.98. The molecule has 12 heteroatoms. The van der Waals surface area contributed by atoms with Crippen molar-refractivity contribution >= 4 is 22.8 Å². The number of piperidine rings is 1. The van der Waals surface area contributed by atoms with Gasteiger partial charge in [0.25, 0.3) is 11.5 Å². The molecule has 3 aliphatic heterocycles. The molecule has 232 valence electrons. The fourth-order valence-corrected chi connectivity index (χ4v) is 6.56. The summed E-state index contributed by atoms with van der Waals surface area (Å²) in [5.41, 5.74) is -1.09. The van der Waals surface area contributed by atoms with E-state index in [1.54, 1.807) is 19.9 Å². The van der Waals surface area contributed by atoms with Crippen LogP contribution in [0.4, 0.5) is 19.0 Å². The highest BCUT2D eigenvalue weighted by molar-refractivity contribution is 5.88. The minimum absolute atomic E-state index is 0.0729. The molecule has 4 aliphatic rings. The van der Waals surface area contributed by atoms with Gasteiger partial charge in [-0.1, -0.05) is 18.2 Å². The van der Waals surface area contributed by atoms with Gasteiger partial charge in [-0.2, -0.15) is 5.26 Å². The van der Waals surface area contributed by atoms with Crippen LogP contribution in [0.2, 0.25) is 0 Å². The molecule has 1 amide bonds. The number of anilines is 1. The monoisotopic (exact) mass is 607 g/mol. The van der Waals surface area contributed by atoms with Gasteiger partial charge in [-0.3, -0.25) is 14.2 Å². The van der Waals surface area contributed by atoms with E-state index in [9.17, 15) is 14.9 Å². The van der Waals surface area contributed by atoms with E-state index in [2.05, 4.69) is 26.7 Å². The van der Waals surface area contributed by atoms with Crippen molar-refractivity contribution in [2.24, 2.45) is 5.92 Å². The molecule has 9 nitrogen and oxygen atoms in total. The Morgan fingerprint density at radius 2 is 1.82 bits per heavy atom. The van der Waals surface area contributed by atoms with Crippen LogP contribution in [0.25, 0.3) is 11.0 Å². The summed E-state index contributed by atoms with van der Waals surface area (Å²) < 4.78 is 49.2. The fourth-order valence-electron chi connectivity index (χ4n) is 6.56. The maximum atomic E-state index is 16.0. The summed E-state index contributed by atoms with van der Waals surface area (Å²) in [5.74, 6) is -4.85. The zero-order chi connectivity index (χ0) is 31.2. The molecule has 8 bridgehead atoms. The Balaban J connectivity index is 1.46. The number of amides is 1. The van der Waals surface area contributed by atoms with E-state index in [0.717, 1.165) is 6.07 Å². The molecule has 0 radical (unpaired) electrons. The number of rotatable bonds is 1. The highest BCUT2D eigenvalue weighted by Gasteiger charge is 2.48. The smallest absolute Gasteiger partial charge is 0.278 e. The molecular formula is C32H36F3N7O2. The number of aryl methyl sites for hydroxylation is 2. The van der Waals surface area contributed by atoms with Gasteiger partial charge in [0.05, 0.1) is 28.5 Å². The van der Waals surface area contributed by atoms with E-state index >= 15 is 13.2 Å². The Labute approximate surface area is 253 Å². The number of nitrogens with zero attached hydrogens (tertiary/aromatic N) is 5. The predicted molar refractivity (Wildman–Crippen MR) is 159 cm³/mol. The number of hydrogen-bond acceptors (Lipinski definition) is 7. The van der Waals surface area contributed by atoms with E-state index in [1.165, 1.54) is 16.7 Å². The van der Waals surface area contributed by atoms with Gasteiger partial charge in [-0.15, -0.1) is 0 Å². The molecule has 7 rings (SSSR count). The summed E-state index contributed by atoms with van der Waals surface area (Å²) in [6, 6.07) is 7.27. The molecule has 3 aromatic rings. The molecule has 1 saturated carbocycles. The summed E-state index contributed by atoms with van der Waals surface area (Å²) in [6.45, 7) is 5.17. The number of fused-ring (bicyclic) bond motifs is 9. The lowest BCUT2D eigenvalue weighted by atomic mass is 9.85. The number of halogens is 3. The largest absolute Gasteiger partial charge is 0.363 e. The lowest BCUT2D eigenvalue weighted by molar-refractivity contribution is -0.122. The van der Waals surface area contributed by atoms with Gasteiger partial charge in [0.15, 0.2) is 0 Å². The third kappa shape index (κ3) is 5.42. The van der Waals surface area contributed by atoms with Crippen molar-refractivity contribution in [2.45, 2.75) is 76.3 Å². The van der Waals surface area contributed by atoms with Crippen molar-refractivity contribution < 1.29 is 18.0 Å². The average Bonchev–Trinajstić information content (AvgIpc) is 3.80. The molecule has 0 unspecified atom stereocenters. The van der Waals surface area contributed by atoms with Gasteiger partial charge < -0.3 is 15.5 Å². The minimum Gasteiger partial charge on any atom is -0.363 e. The van der Waals surface area contributed by atoms with E-state index in [4.69, 9.17) is 0 Å². The van der Waals surface area contributed by atoms with Crippen molar-refractivity contribution in [3.8, 4) is 6.07 Å². The van der Waals surface area contributed by atoms with Gasteiger partial charge >= 0.3 is 0 Å². The maximum Gasteiger partial charge on any atom is 0.278 e. The lowest BCUT2D eigenvalue weighted by Crippen LogP contribution is -2.41. The quantitative estimate of drug-likeness (QED) is 0.413. The van der Waals surface area contributed by atoms with Gasteiger partial charge in [-0.25, -0.2) is 23.1 Å². The summed E-state index contributed by atoms with van der Waals surface area (Å²) >= 11 is 0. The number of nitrogens with one attached hydrogen (secondary N) is 2. The second-order valence-electron chi connectivity index (χ2n) is 12.3. The molecule has 2 N–H and O–H groups in total. The van der Waals surface area contributed by atoms with Crippen LogP contribution in [0.3, 0.4) is 0 Å². The number of pyridine rings is 1. The topological polar surface area (TPSA) is 116 Å². The number of aromatic nitrogens is 3. The Morgan fingerprint density at radius 1 is 1.07 bits per heavy atom. The van der Waals surface area contributed by atoms with Crippen LogP contribution in [0.1, 0.15) is 74.0 Å². The number of carbonyl (C=O) groups excluding carboxylic acids is 1. The summed E-state index contributed by atoms with van der Waals surface area (Å²) in [5, 5.41) is 16.5. The number of alkyl halides is 2. The first-order valence-corrected chi connectivity index (χ1v) is 15.3. The number of benzene rings is 1. The number of hydrogen-bond donors (Lipinski definition) is 2. The molecule has 1 atom stereocenters. The SMILES string of the molecule is Cc1nc2c3cc(C4(C#N)CC4)c(=O)n(c3n1)CCCNC(=O)CCN1CCC(CC1)C(F)(F)c1cccc(c1F)[C@@H](C)N2. The molecule has 5 heterocycles. The average molecular weight is 608 g/mol. The summed E-state index contributed by atoms with van der Waals surface area (Å²) in [4.78, 5) is 37.5. The second kappa shape index (κ2) is 11.5. The predicted octanol–water partition coefficient (Wildman–Crippen LogP) is 4.68. The highest BCUT2D eigenvalue weighted by Crippen LogP contribution is 2.47. The molecular weight excluding hydrogens is 571 g/mol. The number of nitriles is 1. The molecule has 44 heavy (non-hydrogen) atoms. The maximum absolute atomic E-state index is 16.0. The first-order chi connectivity index (χ1) is 21.0. The van der Waals surface area contributed by atoms with Crippen LogP contribution < -0.4 is 16.2 Å². The first kappa shape index (κ1) is 30.1. The van der Waals surface area contributed by atoms with E-state index in [-0.39, 0.29) is 42.8 Å². The van der Waals surface area contributed by atoms with E-state index < -0.39 is 34.7 Å². The Kier molecular flexibility index (Phi) is 7.86. The van der Waals surface area contributed by atoms with Gasteiger partial charge in [0.1, 0.15) is 23.1 Å². The van der Waals surface area contributed by atoms with Gasteiger partial charge in [0, 0.05) is 43.1 Å². The van der Waals surface area contributed by atoms with Crippen molar-refractivity contribution in [1.82, 2.24) is 24.8 Å². The van der Waals surface area contributed by atoms with Crippen LogP contribution >= 0.6 is 0 Å². The molecule has 1 saturated heterocycles.